The van der Waals surface area contributed by atoms with E-state index >= 15 is 0 Å². The van der Waals surface area contributed by atoms with E-state index in [-0.39, 0.29) is 12.4 Å². The van der Waals surface area contributed by atoms with E-state index in [1.165, 1.54) is 7.11 Å². The number of ketones is 1. The van der Waals surface area contributed by atoms with Crippen molar-refractivity contribution in [3.05, 3.63) is 53.7 Å². The van der Waals surface area contributed by atoms with Crippen molar-refractivity contribution < 1.29 is 13.9 Å². The third-order valence-corrected chi connectivity index (χ3v) is 3.26. The molecule has 0 aliphatic rings. The van der Waals surface area contributed by atoms with Gasteiger partial charge in [-0.15, -0.1) is 0 Å². The van der Waals surface area contributed by atoms with Crippen molar-refractivity contribution in [2.75, 3.05) is 7.11 Å². The Bertz CT molecular complexity index is 824. The first-order chi connectivity index (χ1) is 10.7. The molecule has 3 rings (SSSR count). The summed E-state index contributed by atoms with van der Waals surface area (Å²) in [6.07, 6.45) is 0. The van der Waals surface area contributed by atoms with Gasteiger partial charge in [-0.25, -0.2) is 4.98 Å². The summed E-state index contributed by atoms with van der Waals surface area (Å²) >= 11 is 0. The highest BCUT2D eigenvalue weighted by Crippen LogP contribution is 2.22. The Hall–Kier alpha value is -2.91. The van der Waals surface area contributed by atoms with Gasteiger partial charge in [0.15, 0.2) is 11.7 Å². The number of nitriles is 1. The molecule has 1 unspecified atom stereocenters. The molecule has 1 atom stereocenters. The summed E-state index contributed by atoms with van der Waals surface area (Å²) in [7, 11) is 1.54. The van der Waals surface area contributed by atoms with E-state index in [0.29, 0.717) is 17.1 Å². The van der Waals surface area contributed by atoms with E-state index in [2.05, 4.69) is 9.97 Å². The number of furan rings is 1. The van der Waals surface area contributed by atoms with Crippen LogP contribution in [0.25, 0.3) is 11.0 Å². The van der Waals surface area contributed by atoms with Crippen LogP contribution in [-0.4, -0.2) is 22.9 Å². The fourth-order valence-electron chi connectivity index (χ4n) is 2.23. The number of aromatic nitrogens is 2. The number of para-hydroxylation sites is 2. The number of carbonyl (C=O) groups is 1. The van der Waals surface area contributed by atoms with E-state index in [4.69, 9.17) is 9.15 Å². The van der Waals surface area contributed by atoms with Crippen LogP contribution in [0.3, 0.4) is 0 Å². The van der Waals surface area contributed by atoms with Gasteiger partial charge in [0.25, 0.3) is 0 Å². The molecule has 6 nitrogen and oxygen atoms in total. The predicted octanol–water partition coefficient (Wildman–Crippen LogP) is 2.79. The van der Waals surface area contributed by atoms with Crippen LogP contribution in [0.15, 0.2) is 40.8 Å². The molecule has 0 saturated carbocycles. The third-order valence-electron chi connectivity index (χ3n) is 3.26. The number of methoxy groups -OCH3 is 1. The second-order valence-corrected chi connectivity index (χ2v) is 4.76. The van der Waals surface area contributed by atoms with E-state index in [0.717, 1.165) is 5.52 Å². The molecular weight excluding hydrogens is 282 g/mol. The molecule has 0 aliphatic heterocycles. The Morgan fingerprint density at radius 2 is 2.23 bits per heavy atom. The van der Waals surface area contributed by atoms with Crippen molar-refractivity contribution in [3.8, 4) is 6.07 Å². The molecule has 3 aromatic rings. The zero-order chi connectivity index (χ0) is 15.5. The first kappa shape index (κ1) is 14.0. The molecule has 0 saturated heterocycles. The number of nitrogens with one attached hydrogen (secondary N) is 1. The van der Waals surface area contributed by atoms with Gasteiger partial charge in [0.1, 0.15) is 18.2 Å². The Morgan fingerprint density at radius 3 is 2.95 bits per heavy atom. The molecule has 1 N–H and O–H groups in total. The van der Waals surface area contributed by atoms with E-state index < -0.39 is 11.7 Å². The molecule has 1 aromatic carbocycles. The van der Waals surface area contributed by atoms with Gasteiger partial charge in [0, 0.05) is 7.11 Å². The maximum absolute atomic E-state index is 12.5. The van der Waals surface area contributed by atoms with Crippen LogP contribution < -0.4 is 0 Å². The fraction of sp³-hybridized carbons (Fsp3) is 0.188. The van der Waals surface area contributed by atoms with Crippen molar-refractivity contribution >= 4 is 16.8 Å². The van der Waals surface area contributed by atoms with Crippen molar-refractivity contribution in [2.24, 2.45) is 0 Å². The fourth-order valence-corrected chi connectivity index (χ4v) is 2.23. The third kappa shape index (κ3) is 2.50. The lowest BCUT2D eigenvalue weighted by Crippen LogP contribution is -2.12. The summed E-state index contributed by atoms with van der Waals surface area (Å²) in [5, 5.41) is 9.35. The molecule has 6 heteroatoms. The second kappa shape index (κ2) is 5.84. The lowest BCUT2D eigenvalue weighted by atomic mass is 10.0. The van der Waals surface area contributed by atoms with Crippen molar-refractivity contribution in [2.45, 2.75) is 12.5 Å². The summed E-state index contributed by atoms with van der Waals surface area (Å²) in [4.78, 5) is 19.8. The number of hydrogen-bond acceptors (Lipinski definition) is 5. The van der Waals surface area contributed by atoms with Crippen LogP contribution >= 0.6 is 0 Å². The number of aromatic amines is 1. The maximum atomic E-state index is 12.5. The molecule has 2 heterocycles. The zero-order valence-corrected chi connectivity index (χ0v) is 11.9. The van der Waals surface area contributed by atoms with E-state index in [9.17, 15) is 10.1 Å². The molecule has 110 valence electrons. The van der Waals surface area contributed by atoms with E-state index in [1.807, 2.05) is 30.3 Å². The molecule has 0 bridgehead atoms. The minimum atomic E-state index is -1.03. The first-order valence-corrected chi connectivity index (χ1v) is 6.69. The highest BCUT2D eigenvalue weighted by atomic mass is 16.5. The van der Waals surface area contributed by atoms with Crippen molar-refractivity contribution in [3.63, 3.8) is 0 Å². The SMILES string of the molecule is COCc1ccc(C(=O)C(C#N)c2nc3ccccc3[nH]2)o1. The van der Waals surface area contributed by atoms with Crippen LogP contribution in [0.2, 0.25) is 0 Å². The number of hydrogen-bond donors (Lipinski definition) is 1. The summed E-state index contributed by atoms with van der Waals surface area (Å²) in [6.45, 7) is 0.273. The van der Waals surface area contributed by atoms with Crippen molar-refractivity contribution in [1.82, 2.24) is 9.97 Å². The van der Waals surface area contributed by atoms with Gasteiger partial charge in [0.2, 0.25) is 5.78 Å². The van der Waals surface area contributed by atoms with Crippen LogP contribution in [0.4, 0.5) is 0 Å². The Balaban J connectivity index is 1.92. The number of fused-ring (bicyclic) bond motifs is 1. The monoisotopic (exact) mass is 295 g/mol. The highest BCUT2D eigenvalue weighted by molar-refractivity contribution is 6.00. The van der Waals surface area contributed by atoms with E-state index in [1.54, 1.807) is 12.1 Å². The largest absolute Gasteiger partial charge is 0.455 e. The number of benzene rings is 1. The Labute approximate surface area is 126 Å². The first-order valence-electron chi connectivity index (χ1n) is 6.69. The number of H-pyrrole nitrogens is 1. The molecule has 0 aliphatic carbocycles. The molecule has 22 heavy (non-hydrogen) atoms. The number of nitrogens with zero attached hydrogens (tertiary/aromatic N) is 2. The van der Waals surface area contributed by atoms with Gasteiger partial charge in [0.05, 0.1) is 17.1 Å². The lowest BCUT2D eigenvalue weighted by Gasteiger charge is -2.02. The average Bonchev–Trinajstić information content (AvgIpc) is 3.14. The molecular formula is C16H13N3O3. The second-order valence-electron chi connectivity index (χ2n) is 4.76. The summed E-state index contributed by atoms with van der Waals surface area (Å²) < 4.78 is 10.3. The van der Waals surface area contributed by atoms with Crippen LogP contribution in [-0.2, 0) is 11.3 Å². The quantitative estimate of drug-likeness (QED) is 0.731. The summed E-state index contributed by atoms with van der Waals surface area (Å²) in [5.41, 5.74) is 1.50. The van der Waals surface area contributed by atoms with Crippen LogP contribution in [0, 0.1) is 11.3 Å². The molecule has 0 amide bonds. The van der Waals surface area contributed by atoms with Gasteiger partial charge < -0.3 is 14.1 Å². The number of carbonyl (C=O) groups excluding carboxylic acids is 1. The summed E-state index contributed by atoms with van der Waals surface area (Å²) in [5.74, 6) is -0.484. The normalized spacial score (nSPS) is 12.2. The number of ether oxygens (including phenoxy) is 1. The van der Waals surface area contributed by atoms with Crippen LogP contribution in [0.1, 0.15) is 28.1 Å². The average molecular weight is 295 g/mol. The summed E-state index contributed by atoms with van der Waals surface area (Å²) in [6, 6.07) is 12.6. The van der Waals surface area contributed by atoms with Crippen LogP contribution in [0.5, 0.6) is 0 Å². The minimum Gasteiger partial charge on any atom is -0.455 e. The number of imidazole rings is 1. The van der Waals surface area contributed by atoms with Gasteiger partial charge in [-0.1, -0.05) is 12.1 Å². The Kier molecular flexibility index (Phi) is 3.73. The zero-order valence-electron chi connectivity index (χ0n) is 11.9. The van der Waals surface area contributed by atoms with Gasteiger partial charge in [-0.3, -0.25) is 4.79 Å². The van der Waals surface area contributed by atoms with Gasteiger partial charge in [-0.2, -0.15) is 5.26 Å². The highest BCUT2D eigenvalue weighted by Gasteiger charge is 2.27. The number of Topliss-reactive ketones (excluding diaryl/α,β-unsaturated/α-hetero) is 1. The van der Waals surface area contributed by atoms with Gasteiger partial charge in [-0.05, 0) is 24.3 Å². The Morgan fingerprint density at radius 1 is 1.41 bits per heavy atom. The molecule has 0 radical (unpaired) electrons. The standard InChI is InChI=1S/C16H13N3O3/c1-21-9-10-6-7-14(22-10)15(20)11(8-17)16-18-12-4-2-3-5-13(12)19-16/h2-7,11H,9H2,1H3,(H,18,19). The van der Waals surface area contributed by atoms with Crippen molar-refractivity contribution in [1.29, 1.82) is 5.26 Å². The lowest BCUT2D eigenvalue weighted by molar-refractivity contribution is 0.0940. The topological polar surface area (TPSA) is 91.9 Å². The predicted molar refractivity (Wildman–Crippen MR) is 78.2 cm³/mol. The molecule has 2 aromatic heterocycles. The molecule has 0 spiro atoms. The number of rotatable bonds is 5. The smallest absolute Gasteiger partial charge is 0.222 e. The van der Waals surface area contributed by atoms with Gasteiger partial charge >= 0.3 is 0 Å². The molecule has 0 fully saturated rings. The minimum absolute atomic E-state index is 0.124. The maximum Gasteiger partial charge on any atom is 0.222 e.